The van der Waals surface area contributed by atoms with E-state index in [0.29, 0.717) is 5.56 Å². The van der Waals surface area contributed by atoms with E-state index in [1.54, 1.807) is 0 Å². The summed E-state index contributed by atoms with van der Waals surface area (Å²) in [4.78, 5) is 19.3. The molecule has 19 heavy (non-hydrogen) atoms. The number of nitrogens with one attached hydrogen (secondary N) is 1. The summed E-state index contributed by atoms with van der Waals surface area (Å²) in [7, 11) is 0. The Kier molecular flexibility index (Phi) is 2.58. The van der Waals surface area contributed by atoms with Gasteiger partial charge < -0.3 is 15.5 Å². The van der Waals surface area contributed by atoms with Crippen LogP contribution in [0.25, 0.3) is 0 Å². The monoisotopic (exact) mass is 272 g/mol. The molecule has 0 saturated heterocycles. The van der Waals surface area contributed by atoms with Gasteiger partial charge in [0.15, 0.2) is 0 Å². The minimum absolute atomic E-state index is 0.00787. The van der Waals surface area contributed by atoms with Gasteiger partial charge in [0.1, 0.15) is 11.6 Å². The van der Waals surface area contributed by atoms with Crippen LogP contribution in [0.2, 0.25) is 0 Å². The van der Waals surface area contributed by atoms with Crippen molar-refractivity contribution in [2.24, 2.45) is 5.73 Å². The van der Waals surface area contributed by atoms with Gasteiger partial charge in [-0.15, -0.1) is 11.3 Å². The van der Waals surface area contributed by atoms with Crippen LogP contribution in [0.5, 0.6) is 5.88 Å². The van der Waals surface area contributed by atoms with E-state index < -0.39 is 5.92 Å². The highest BCUT2D eigenvalue weighted by molar-refractivity contribution is 7.10. The lowest BCUT2D eigenvalue weighted by atomic mass is 9.90. The number of ether oxygens (including phenoxy) is 1. The molecule has 0 bridgehead atoms. The van der Waals surface area contributed by atoms with Gasteiger partial charge >= 0.3 is 0 Å². The topological polar surface area (TPSA) is 105 Å². The van der Waals surface area contributed by atoms with Crippen LogP contribution in [-0.2, 0) is 0 Å². The van der Waals surface area contributed by atoms with E-state index in [2.05, 4.69) is 9.97 Å². The zero-order valence-corrected chi connectivity index (χ0v) is 10.4. The molecule has 1 aliphatic rings. The minimum atomic E-state index is -0.522. The normalized spacial score (nSPS) is 17.5. The number of hydrogen-bond acceptors (Lipinski definition) is 6. The molecule has 3 rings (SSSR count). The van der Waals surface area contributed by atoms with Crippen LogP contribution < -0.4 is 16.0 Å². The number of rotatable bonds is 1. The van der Waals surface area contributed by atoms with Crippen LogP contribution in [0.3, 0.4) is 0 Å². The van der Waals surface area contributed by atoms with Crippen molar-refractivity contribution >= 4 is 11.3 Å². The van der Waals surface area contributed by atoms with Gasteiger partial charge in [-0.1, -0.05) is 6.07 Å². The maximum atomic E-state index is 12.0. The van der Waals surface area contributed by atoms with Crippen molar-refractivity contribution in [3.63, 3.8) is 0 Å². The predicted octanol–water partition coefficient (Wildman–Crippen LogP) is 1.05. The van der Waals surface area contributed by atoms with Crippen LogP contribution in [0.4, 0.5) is 0 Å². The third kappa shape index (κ3) is 1.70. The summed E-state index contributed by atoms with van der Waals surface area (Å²) in [5.41, 5.74) is 5.95. The van der Waals surface area contributed by atoms with E-state index in [9.17, 15) is 10.1 Å². The van der Waals surface area contributed by atoms with Crippen LogP contribution >= 0.6 is 11.3 Å². The Morgan fingerprint density at radius 3 is 3.11 bits per heavy atom. The summed E-state index contributed by atoms with van der Waals surface area (Å²) in [5, 5.41) is 11.1. The van der Waals surface area contributed by atoms with Gasteiger partial charge in [0.05, 0.1) is 17.8 Å². The summed E-state index contributed by atoms with van der Waals surface area (Å²) in [6.45, 7) is 0. The number of fused-ring (bicyclic) bond motifs is 1. The first-order chi connectivity index (χ1) is 9.22. The van der Waals surface area contributed by atoms with E-state index in [1.165, 1.54) is 17.7 Å². The van der Waals surface area contributed by atoms with Crippen LogP contribution in [0.15, 0.2) is 40.1 Å². The molecule has 3 N–H and O–H groups in total. The van der Waals surface area contributed by atoms with E-state index in [1.807, 2.05) is 23.6 Å². The number of nitrogens with zero attached hydrogens (tertiary/aromatic N) is 2. The molecule has 6 nitrogen and oxygen atoms in total. The van der Waals surface area contributed by atoms with Crippen molar-refractivity contribution < 1.29 is 4.74 Å². The van der Waals surface area contributed by atoms with Gasteiger partial charge in [-0.25, -0.2) is 4.98 Å². The van der Waals surface area contributed by atoms with Crippen LogP contribution in [0.1, 0.15) is 16.4 Å². The lowest BCUT2D eigenvalue weighted by Gasteiger charge is -2.22. The zero-order valence-electron chi connectivity index (χ0n) is 9.58. The molecule has 1 aliphatic heterocycles. The Morgan fingerprint density at radius 2 is 2.42 bits per heavy atom. The number of hydrogen-bond donors (Lipinski definition) is 2. The van der Waals surface area contributed by atoms with Crippen LogP contribution in [0, 0.1) is 11.3 Å². The molecule has 0 fully saturated rings. The van der Waals surface area contributed by atoms with Crippen molar-refractivity contribution in [1.29, 1.82) is 5.26 Å². The van der Waals surface area contributed by atoms with Gasteiger partial charge in [-0.2, -0.15) is 5.26 Å². The van der Waals surface area contributed by atoms with E-state index >= 15 is 0 Å². The Morgan fingerprint density at radius 1 is 1.58 bits per heavy atom. The smallest absolute Gasteiger partial charge is 0.258 e. The van der Waals surface area contributed by atoms with E-state index in [-0.39, 0.29) is 22.9 Å². The maximum Gasteiger partial charge on any atom is 0.258 e. The molecule has 0 saturated carbocycles. The summed E-state index contributed by atoms with van der Waals surface area (Å²) in [6, 6.07) is 5.72. The molecule has 0 amide bonds. The number of H-pyrrole nitrogens is 1. The second-order valence-electron chi connectivity index (χ2n) is 3.89. The van der Waals surface area contributed by atoms with Crippen molar-refractivity contribution in [3.8, 4) is 11.9 Å². The molecule has 2 aromatic rings. The molecular formula is C12H8N4O2S. The quantitative estimate of drug-likeness (QED) is 0.807. The number of allylic oxidation sites excluding steroid dienone is 1. The summed E-state index contributed by atoms with van der Waals surface area (Å²) < 4.78 is 5.25. The van der Waals surface area contributed by atoms with Gasteiger partial charge in [0.25, 0.3) is 5.56 Å². The maximum absolute atomic E-state index is 12.0. The van der Waals surface area contributed by atoms with Crippen molar-refractivity contribution in [2.75, 3.05) is 0 Å². The SMILES string of the molecule is N#CC1=C(N)Oc2nc[nH]c(=O)c2[C@@H]1c1cccs1. The second-order valence-corrected chi connectivity index (χ2v) is 4.87. The predicted molar refractivity (Wildman–Crippen MR) is 68.5 cm³/mol. The van der Waals surface area contributed by atoms with E-state index in [4.69, 9.17) is 10.5 Å². The molecule has 0 radical (unpaired) electrons. The molecule has 0 aromatic carbocycles. The summed E-state index contributed by atoms with van der Waals surface area (Å²) in [5.74, 6) is -0.378. The first-order valence-electron chi connectivity index (χ1n) is 5.41. The van der Waals surface area contributed by atoms with Crippen molar-refractivity contribution in [3.05, 3.63) is 56.1 Å². The largest absolute Gasteiger partial charge is 0.422 e. The lowest BCUT2D eigenvalue weighted by Crippen LogP contribution is -2.27. The van der Waals surface area contributed by atoms with Gasteiger partial charge in [-0.05, 0) is 11.4 Å². The Bertz CT molecular complexity index is 755. The Hall–Kier alpha value is -2.59. The summed E-state index contributed by atoms with van der Waals surface area (Å²) >= 11 is 1.45. The fourth-order valence-corrected chi connectivity index (χ4v) is 2.88. The van der Waals surface area contributed by atoms with Gasteiger partial charge in [0, 0.05) is 4.88 Å². The average molecular weight is 272 g/mol. The standard InChI is InChI=1S/C12H8N4O2S/c13-4-6-8(7-2-1-3-19-7)9-11(17)15-5-16-12(9)18-10(6)14/h1-3,5,8H,14H2,(H,15,16,17)/t8-/m0/s1. The molecule has 0 spiro atoms. The minimum Gasteiger partial charge on any atom is -0.422 e. The molecule has 7 heteroatoms. The molecule has 0 aliphatic carbocycles. The van der Waals surface area contributed by atoms with Gasteiger partial charge in [-0.3, -0.25) is 4.79 Å². The highest BCUT2D eigenvalue weighted by Crippen LogP contribution is 2.40. The molecule has 1 atom stereocenters. The molecule has 94 valence electrons. The number of aromatic nitrogens is 2. The van der Waals surface area contributed by atoms with Crippen molar-refractivity contribution in [1.82, 2.24) is 9.97 Å². The van der Waals surface area contributed by atoms with E-state index in [0.717, 1.165) is 4.88 Å². The summed E-state index contributed by atoms with van der Waals surface area (Å²) in [6.07, 6.45) is 1.25. The molecule has 2 aromatic heterocycles. The lowest BCUT2D eigenvalue weighted by molar-refractivity contribution is 0.375. The molecular weight excluding hydrogens is 264 g/mol. The fraction of sp³-hybridized carbons (Fsp3) is 0.0833. The van der Waals surface area contributed by atoms with Crippen molar-refractivity contribution in [2.45, 2.75) is 5.92 Å². The number of nitrogens with two attached hydrogens (primary N) is 1. The van der Waals surface area contributed by atoms with Crippen LogP contribution in [-0.4, -0.2) is 9.97 Å². The number of aromatic amines is 1. The highest BCUT2D eigenvalue weighted by Gasteiger charge is 2.34. The fourth-order valence-electron chi connectivity index (χ4n) is 2.04. The first kappa shape index (κ1) is 11.5. The molecule has 3 heterocycles. The average Bonchev–Trinajstić information content (AvgIpc) is 2.91. The third-order valence-electron chi connectivity index (χ3n) is 2.85. The Balaban J connectivity index is 2.31. The highest BCUT2D eigenvalue weighted by atomic mass is 32.1. The number of nitriles is 1. The number of thiophene rings is 1. The first-order valence-corrected chi connectivity index (χ1v) is 6.29. The third-order valence-corrected chi connectivity index (χ3v) is 3.79. The molecule has 0 unspecified atom stereocenters. The van der Waals surface area contributed by atoms with Gasteiger partial charge in [0.2, 0.25) is 11.8 Å². The zero-order chi connectivity index (χ0) is 13.4. The second kappa shape index (κ2) is 4.26. The Labute approximate surface area is 111 Å².